The van der Waals surface area contributed by atoms with E-state index in [1.807, 2.05) is 0 Å². The second-order valence-electron chi connectivity index (χ2n) is 6.92. The Bertz CT molecular complexity index is 1120. The quantitative estimate of drug-likeness (QED) is 0.449. The highest BCUT2D eigenvalue weighted by molar-refractivity contribution is 8.11. The van der Waals surface area contributed by atoms with E-state index in [1.54, 1.807) is 0 Å². The minimum Gasteiger partial charge on any atom is -0.224 e. The van der Waals surface area contributed by atoms with E-state index >= 15 is 0 Å². The monoisotopic (exact) mass is 539 g/mol. The van der Waals surface area contributed by atoms with Crippen molar-refractivity contribution >= 4 is 39.7 Å². The Hall–Kier alpha value is -0.730. The predicted octanol–water partition coefficient (Wildman–Crippen LogP) is 0.958. The largest absolute Gasteiger partial charge is 0.429 e. The first-order valence-electron chi connectivity index (χ1n) is 6.99. The lowest BCUT2D eigenvalue weighted by atomic mass is 10.3. The average Bonchev–Trinajstić information content (AvgIpc) is 2.41. The van der Waals surface area contributed by atoms with Crippen LogP contribution in [0, 0.1) is 0 Å². The summed E-state index contributed by atoms with van der Waals surface area (Å²) in [6.07, 6.45) is -0.151. The van der Waals surface area contributed by atoms with Gasteiger partial charge in [0, 0.05) is 0 Å². The molecular weight excluding hydrogens is 523 g/mol. The van der Waals surface area contributed by atoms with Crippen molar-refractivity contribution in [3.63, 3.8) is 0 Å². The Morgan fingerprint density at radius 3 is 1.20 bits per heavy atom. The maximum Gasteiger partial charge on any atom is 0.429 e. The number of rotatable bonds is 8. The molecule has 1 atom stereocenters. The minimum absolute atomic E-state index is 0.0671. The van der Waals surface area contributed by atoms with Crippen LogP contribution in [0.25, 0.3) is 0 Å². The number of halogens is 7. The fraction of sp³-hybridized carbons (Fsp3) is 1.00. The smallest absolute Gasteiger partial charge is 0.224 e. The van der Waals surface area contributed by atoms with Crippen LogP contribution in [0.4, 0.5) is 30.7 Å². The minimum atomic E-state index is -7.78. The van der Waals surface area contributed by atoms with Gasteiger partial charge in [-0.25, -0.2) is 38.1 Å². The molecule has 20 heteroatoms. The number of hydrogen-bond acceptors (Lipinski definition) is 8. The highest BCUT2D eigenvalue weighted by Crippen LogP contribution is 2.54. The molecule has 0 spiro atoms. The van der Waals surface area contributed by atoms with E-state index in [0.717, 1.165) is 0 Å². The summed E-state index contributed by atoms with van der Waals surface area (Å²) in [4.78, 5) is 0. The van der Waals surface area contributed by atoms with E-state index in [9.17, 15) is 64.4 Å². The van der Waals surface area contributed by atoms with Gasteiger partial charge in [0.05, 0.1) is 11.0 Å². The molecule has 0 aromatic heterocycles. The third-order valence-electron chi connectivity index (χ3n) is 3.43. The Balaban J connectivity index is 7.02. The zero-order valence-corrected chi connectivity index (χ0v) is 18.8. The molecule has 0 aromatic rings. The van der Waals surface area contributed by atoms with Gasteiger partial charge in [0.15, 0.2) is 0 Å². The third kappa shape index (κ3) is 4.04. The summed E-state index contributed by atoms with van der Waals surface area (Å²) >= 11 is 0. The van der Waals surface area contributed by atoms with Gasteiger partial charge in [-0.2, -0.15) is 26.3 Å². The Morgan fingerprint density at radius 2 is 0.933 bits per heavy atom. The van der Waals surface area contributed by atoms with Crippen molar-refractivity contribution in [2.24, 2.45) is 0 Å². The predicted molar refractivity (Wildman–Crippen MR) is 88.8 cm³/mol. The Labute approximate surface area is 168 Å². The molecule has 30 heavy (non-hydrogen) atoms. The lowest BCUT2D eigenvalue weighted by Crippen LogP contribution is -2.66. The summed E-state index contributed by atoms with van der Waals surface area (Å²) in [6.45, 7) is 1.08. The molecule has 0 amide bonds. The fourth-order valence-corrected chi connectivity index (χ4v) is 8.46. The molecule has 9 nitrogen and oxygen atoms in total. The topological polar surface area (TPSA) is 149 Å². The summed E-state index contributed by atoms with van der Waals surface area (Å²) in [6, 6.07) is 0. The molecule has 0 aliphatic heterocycles. The van der Waals surface area contributed by atoms with Gasteiger partial charge in [0.25, 0.3) is 19.9 Å². The van der Waals surface area contributed by atoms with Crippen molar-refractivity contribution in [3.05, 3.63) is 0 Å². The lowest BCUT2D eigenvalue weighted by Gasteiger charge is -2.36. The van der Waals surface area contributed by atoms with E-state index in [4.69, 9.17) is 0 Å². The number of sulfone groups is 2. The van der Waals surface area contributed by atoms with E-state index in [2.05, 4.69) is 0 Å². The molecule has 1 unspecified atom stereocenters. The molecule has 0 saturated carbocycles. The molecule has 182 valence electrons. The van der Waals surface area contributed by atoms with Gasteiger partial charge in [-0.05, 0) is 27.7 Å². The maximum absolute atomic E-state index is 14.6. The van der Waals surface area contributed by atoms with Gasteiger partial charge in [-0.15, -0.1) is 4.13 Å². The van der Waals surface area contributed by atoms with Crippen LogP contribution in [-0.4, -0.2) is 65.4 Å². The average molecular weight is 539 g/mol. The molecule has 0 aliphatic rings. The molecule has 0 saturated heterocycles. The third-order valence-corrected chi connectivity index (χ3v) is 12.2. The first-order chi connectivity index (χ1) is 12.5. The SMILES string of the molecule is CC(C)(C)S(=O)(=O)C(C)(F)S(=O)(=O)C(F)(F)C(F)(F)C(F)(F)S(=O)(=O)NS(C)(=O)=O. The van der Waals surface area contributed by atoms with Crippen LogP contribution >= 0.6 is 0 Å². The highest BCUT2D eigenvalue weighted by atomic mass is 32.3. The number of hydrogen-bond donors (Lipinski definition) is 1. The van der Waals surface area contributed by atoms with Crippen molar-refractivity contribution in [1.82, 2.24) is 4.13 Å². The summed E-state index contributed by atoms with van der Waals surface area (Å²) in [5.74, 6) is -7.55. The van der Waals surface area contributed by atoms with Crippen LogP contribution in [0.5, 0.6) is 0 Å². The first-order valence-corrected chi connectivity index (χ1v) is 13.3. The number of nitrogens with one attached hydrogen (secondary N) is 1. The van der Waals surface area contributed by atoms with E-state index in [0.29, 0.717) is 20.8 Å². The van der Waals surface area contributed by atoms with Gasteiger partial charge in [-0.1, -0.05) is 0 Å². The molecule has 0 radical (unpaired) electrons. The molecule has 0 heterocycles. The van der Waals surface area contributed by atoms with Crippen LogP contribution in [0.1, 0.15) is 27.7 Å². The van der Waals surface area contributed by atoms with E-state index in [1.165, 1.54) is 0 Å². The van der Waals surface area contributed by atoms with Gasteiger partial charge < -0.3 is 0 Å². The van der Waals surface area contributed by atoms with Crippen LogP contribution < -0.4 is 4.13 Å². The van der Waals surface area contributed by atoms with Gasteiger partial charge in [-0.3, -0.25) is 0 Å². The summed E-state index contributed by atoms with van der Waals surface area (Å²) in [5, 5.41) is -14.5. The second-order valence-corrected chi connectivity index (χ2v) is 16.2. The van der Waals surface area contributed by atoms with Crippen molar-refractivity contribution in [2.75, 3.05) is 6.26 Å². The Kier molecular flexibility index (Phi) is 6.96. The summed E-state index contributed by atoms with van der Waals surface area (Å²) < 4.78 is 182. The van der Waals surface area contributed by atoms with Crippen LogP contribution in [0.15, 0.2) is 0 Å². The first kappa shape index (κ1) is 29.3. The van der Waals surface area contributed by atoms with Crippen molar-refractivity contribution < 1.29 is 64.4 Å². The lowest BCUT2D eigenvalue weighted by molar-refractivity contribution is -0.244. The fourth-order valence-electron chi connectivity index (χ4n) is 1.68. The van der Waals surface area contributed by atoms with Gasteiger partial charge in [0.1, 0.15) is 0 Å². The van der Waals surface area contributed by atoms with Gasteiger partial charge >= 0.3 is 20.8 Å². The summed E-state index contributed by atoms with van der Waals surface area (Å²) in [5.41, 5.74) is 0. The maximum atomic E-state index is 14.6. The summed E-state index contributed by atoms with van der Waals surface area (Å²) in [7, 11) is -26.3. The highest BCUT2D eigenvalue weighted by Gasteiger charge is 2.85. The van der Waals surface area contributed by atoms with Crippen LogP contribution in [0.3, 0.4) is 0 Å². The Morgan fingerprint density at radius 1 is 0.600 bits per heavy atom. The molecule has 0 aliphatic carbocycles. The molecular formula is C10H16F7NO8S4. The number of alkyl halides is 7. The zero-order chi connectivity index (χ0) is 25.2. The van der Waals surface area contributed by atoms with Crippen molar-refractivity contribution in [1.29, 1.82) is 0 Å². The molecule has 0 fully saturated rings. The standard InChI is InChI=1S/C10H16F7NO8S4/c1-6(2,3)28(21,22)7(4,11)29(23,24)9(14,15)8(12,13)10(16,17)30(25,26)18-27(5,19)20/h18H,1-5H3. The second kappa shape index (κ2) is 7.14. The zero-order valence-electron chi connectivity index (χ0n) is 15.5. The van der Waals surface area contributed by atoms with Crippen LogP contribution in [0.2, 0.25) is 0 Å². The van der Waals surface area contributed by atoms with Crippen molar-refractivity contribution in [3.8, 4) is 0 Å². The number of sulfonamides is 2. The molecule has 1 N–H and O–H groups in total. The molecule has 0 aromatic carbocycles. The van der Waals surface area contributed by atoms with E-state index < -0.39 is 72.2 Å². The van der Waals surface area contributed by atoms with Gasteiger partial charge in [0.2, 0.25) is 19.9 Å². The van der Waals surface area contributed by atoms with Crippen LogP contribution in [-0.2, 0) is 39.7 Å². The molecule has 0 rings (SSSR count). The normalized spacial score (nSPS) is 18.1. The van der Waals surface area contributed by atoms with Crippen molar-refractivity contribution in [2.45, 2.75) is 53.2 Å². The van der Waals surface area contributed by atoms with E-state index in [-0.39, 0.29) is 10.4 Å². The molecule has 0 bridgehead atoms.